The van der Waals surface area contributed by atoms with E-state index in [2.05, 4.69) is 26.3 Å². The highest BCUT2D eigenvalue weighted by Gasteiger charge is 2.24. The standard InChI is InChI=1S/C11H20BrN3O/c1-5-13-7-11(3,16)6-9-10(12)8(2)14-15(9)4/h13,16H,5-7H2,1-4H3. The molecule has 1 aromatic heterocycles. The molecule has 0 aliphatic carbocycles. The first-order chi connectivity index (χ1) is 7.37. The normalized spacial score (nSPS) is 15.1. The second-order valence-electron chi connectivity index (χ2n) is 4.42. The number of aliphatic hydroxyl groups is 1. The van der Waals surface area contributed by atoms with Gasteiger partial charge in [-0.2, -0.15) is 5.10 Å². The third-order valence-corrected chi connectivity index (χ3v) is 3.60. The predicted octanol–water partition coefficient (Wildman–Crippen LogP) is 1.39. The van der Waals surface area contributed by atoms with Crippen LogP contribution in [-0.2, 0) is 13.5 Å². The van der Waals surface area contributed by atoms with Crippen molar-refractivity contribution in [3.63, 3.8) is 0 Å². The van der Waals surface area contributed by atoms with Crippen LogP contribution in [0.3, 0.4) is 0 Å². The maximum absolute atomic E-state index is 10.2. The number of rotatable bonds is 5. The van der Waals surface area contributed by atoms with Crippen molar-refractivity contribution < 1.29 is 5.11 Å². The first kappa shape index (κ1) is 13.7. The van der Waals surface area contributed by atoms with Gasteiger partial charge in [0.05, 0.1) is 21.5 Å². The van der Waals surface area contributed by atoms with E-state index in [0.717, 1.165) is 22.4 Å². The van der Waals surface area contributed by atoms with Crippen molar-refractivity contribution in [1.29, 1.82) is 0 Å². The fraction of sp³-hybridized carbons (Fsp3) is 0.727. The first-order valence-corrected chi connectivity index (χ1v) is 6.27. The average molecular weight is 290 g/mol. The Kier molecular flexibility index (Phi) is 4.52. The van der Waals surface area contributed by atoms with Crippen LogP contribution in [-0.4, -0.2) is 33.6 Å². The maximum Gasteiger partial charge on any atom is 0.0799 e. The van der Waals surface area contributed by atoms with E-state index in [-0.39, 0.29) is 0 Å². The van der Waals surface area contributed by atoms with Crippen LogP contribution in [0.1, 0.15) is 25.2 Å². The van der Waals surface area contributed by atoms with Crippen LogP contribution in [0.25, 0.3) is 0 Å². The minimum Gasteiger partial charge on any atom is -0.388 e. The van der Waals surface area contributed by atoms with Crippen LogP contribution < -0.4 is 5.32 Å². The van der Waals surface area contributed by atoms with Crippen LogP contribution in [0.4, 0.5) is 0 Å². The summed E-state index contributed by atoms with van der Waals surface area (Å²) in [5, 5.41) is 17.7. The molecule has 92 valence electrons. The highest BCUT2D eigenvalue weighted by Crippen LogP contribution is 2.24. The average Bonchev–Trinajstić information content (AvgIpc) is 2.42. The van der Waals surface area contributed by atoms with Gasteiger partial charge in [0.2, 0.25) is 0 Å². The summed E-state index contributed by atoms with van der Waals surface area (Å²) in [6.45, 7) is 7.26. The Hall–Kier alpha value is -0.390. The van der Waals surface area contributed by atoms with E-state index in [0.29, 0.717) is 13.0 Å². The quantitative estimate of drug-likeness (QED) is 0.861. The molecule has 16 heavy (non-hydrogen) atoms. The summed E-state index contributed by atoms with van der Waals surface area (Å²) in [5.74, 6) is 0. The Labute approximate surface area is 105 Å². The van der Waals surface area contributed by atoms with E-state index in [1.165, 1.54) is 0 Å². The van der Waals surface area contributed by atoms with Crippen LogP contribution in [0.15, 0.2) is 4.47 Å². The molecule has 1 aromatic rings. The van der Waals surface area contributed by atoms with Gasteiger partial charge >= 0.3 is 0 Å². The molecule has 5 heteroatoms. The maximum atomic E-state index is 10.2. The van der Waals surface area contributed by atoms with Gasteiger partial charge in [-0.1, -0.05) is 6.92 Å². The van der Waals surface area contributed by atoms with Crippen LogP contribution >= 0.6 is 15.9 Å². The van der Waals surface area contributed by atoms with E-state index in [1.54, 1.807) is 0 Å². The van der Waals surface area contributed by atoms with Gasteiger partial charge in [0.15, 0.2) is 0 Å². The smallest absolute Gasteiger partial charge is 0.0799 e. The van der Waals surface area contributed by atoms with Gasteiger partial charge in [-0.3, -0.25) is 4.68 Å². The molecule has 1 unspecified atom stereocenters. The third-order valence-electron chi connectivity index (χ3n) is 2.57. The van der Waals surface area contributed by atoms with E-state index in [4.69, 9.17) is 0 Å². The highest BCUT2D eigenvalue weighted by molar-refractivity contribution is 9.10. The molecule has 1 heterocycles. The number of hydrogen-bond acceptors (Lipinski definition) is 3. The lowest BCUT2D eigenvalue weighted by molar-refractivity contribution is 0.0586. The molecule has 0 bridgehead atoms. The molecule has 0 saturated carbocycles. The monoisotopic (exact) mass is 289 g/mol. The van der Waals surface area contributed by atoms with Crippen molar-refractivity contribution in [3.8, 4) is 0 Å². The number of hydrogen-bond donors (Lipinski definition) is 2. The Morgan fingerprint density at radius 2 is 2.19 bits per heavy atom. The number of aromatic nitrogens is 2. The van der Waals surface area contributed by atoms with Gasteiger partial charge in [0.25, 0.3) is 0 Å². The molecule has 1 rings (SSSR count). The van der Waals surface area contributed by atoms with Crippen molar-refractivity contribution in [3.05, 3.63) is 15.9 Å². The zero-order chi connectivity index (χ0) is 12.3. The Balaban J connectivity index is 2.79. The second-order valence-corrected chi connectivity index (χ2v) is 5.22. The number of aryl methyl sites for hydroxylation is 2. The molecule has 0 radical (unpaired) electrons. The van der Waals surface area contributed by atoms with Gasteiger partial charge in [-0.15, -0.1) is 0 Å². The van der Waals surface area contributed by atoms with E-state index < -0.39 is 5.60 Å². The molecule has 4 nitrogen and oxygen atoms in total. The highest BCUT2D eigenvalue weighted by atomic mass is 79.9. The molecular weight excluding hydrogens is 270 g/mol. The lowest BCUT2D eigenvalue weighted by atomic mass is 10.00. The molecule has 0 aliphatic heterocycles. The predicted molar refractivity (Wildman–Crippen MR) is 68.5 cm³/mol. The molecule has 0 saturated heterocycles. The summed E-state index contributed by atoms with van der Waals surface area (Å²) in [6.07, 6.45) is 0.581. The molecule has 0 aliphatic rings. The molecule has 0 amide bonds. The number of likely N-dealkylation sites (N-methyl/N-ethyl adjacent to an activating group) is 1. The molecule has 1 atom stereocenters. The van der Waals surface area contributed by atoms with Crippen LogP contribution in [0.2, 0.25) is 0 Å². The summed E-state index contributed by atoms with van der Waals surface area (Å²) in [4.78, 5) is 0. The van der Waals surface area contributed by atoms with E-state index >= 15 is 0 Å². The first-order valence-electron chi connectivity index (χ1n) is 5.48. The zero-order valence-electron chi connectivity index (χ0n) is 10.3. The third kappa shape index (κ3) is 3.30. The van der Waals surface area contributed by atoms with Crippen molar-refractivity contribution in [2.75, 3.05) is 13.1 Å². The Morgan fingerprint density at radius 1 is 1.56 bits per heavy atom. The summed E-state index contributed by atoms with van der Waals surface area (Å²) < 4.78 is 2.81. The minimum atomic E-state index is -0.751. The second kappa shape index (κ2) is 5.29. The van der Waals surface area contributed by atoms with Gasteiger partial charge < -0.3 is 10.4 Å². The number of nitrogens with zero attached hydrogens (tertiary/aromatic N) is 2. The molecular formula is C11H20BrN3O. The zero-order valence-corrected chi connectivity index (χ0v) is 11.9. The largest absolute Gasteiger partial charge is 0.388 e. The van der Waals surface area contributed by atoms with Crippen molar-refractivity contribution >= 4 is 15.9 Å². The van der Waals surface area contributed by atoms with Crippen LogP contribution in [0, 0.1) is 6.92 Å². The fourth-order valence-electron chi connectivity index (χ4n) is 1.69. The van der Waals surface area contributed by atoms with Crippen LogP contribution in [0.5, 0.6) is 0 Å². The van der Waals surface area contributed by atoms with Gasteiger partial charge in [0, 0.05) is 20.0 Å². The summed E-state index contributed by atoms with van der Waals surface area (Å²) in [7, 11) is 1.90. The number of nitrogens with one attached hydrogen (secondary N) is 1. The van der Waals surface area contributed by atoms with Gasteiger partial charge in [-0.25, -0.2) is 0 Å². The number of halogens is 1. The lowest BCUT2D eigenvalue weighted by Gasteiger charge is -2.23. The topological polar surface area (TPSA) is 50.1 Å². The summed E-state index contributed by atoms with van der Waals surface area (Å²) in [5.41, 5.74) is 1.23. The Bertz CT molecular complexity index is 360. The van der Waals surface area contributed by atoms with Crippen molar-refractivity contribution in [1.82, 2.24) is 15.1 Å². The SMILES string of the molecule is CCNCC(C)(O)Cc1c(Br)c(C)nn1C. The molecule has 0 spiro atoms. The van der Waals surface area contributed by atoms with Crippen molar-refractivity contribution in [2.24, 2.45) is 7.05 Å². The van der Waals surface area contributed by atoms with Crippen molar-refractivity contribution in [2.45, 2.75) is 32.8 Å². The molecule has 2 N–H and O–H groups in total. The lowest BCUT2D eigenvalue weighted by Crippen LogP contribution is -2.40. The van der Waals surface area contributed by atoms with E-state index in [1.807, 2.05) is 32.5 Å². The molecule has 0 fully saturated rings. The van der Waals surface area contributed by atoms with E-state index in [9.17, 15) is 5.11 Å². The fourth-order valence-corrected chi connectivity index (χ4v) is 2.17. The Morgan fingerprint density at radius 3 is 2.62 bits per heavy atom. The van der Waals surface area contributed by atoms with Gasteiger partial charge in [-0.05, 0) is 36.3 Å². The summed E-state index contributed by atoms with van der Waals surface area (Å²) >= 11 is 3.51. The molecule has 0 aromatic carbocycles. The van der Waals surface area contributed by atoms with Gasteiger partial charge in [0.1, 0.15) is 0 Å². The summed E-state index contributed by atoms with van der Waals surface area (Å²) in [6, 6.07) is 0. The minimum absolute atomic E-state index is 0.581.